The molecule has 0 bridgehead atoms. The molecule has 0 spiro atoms. The molecule has 9 heteroatoms. The molecule has 1 aliphatic rings. The summed E-state index contributed by atoms with van der Waals surface area (Å²) in [7, 11) is 0. The number of fused-ring (bicyclic) bond motifs is 2. The average molecular weight is 417 g/mol. The van der Waals surface area contributed by atoms with Crippen molar-refractivity contribution in [1.29, 1.82) is 0 Å². The van der Waals surface area contributed by atoms with Crippen molar-refractivity contribution >= 4 is 22.3 Å². The van der Waals surface area contributed by atoms with E-state index >= 15 is 0 Å². The van der Waals surface area contributed by atoms with Gasteiger partial charge in [-0.1, -0.05) is 11.2 Å². The molecule has 5 rings (SSSR count). The molecule has 0 amide bonds. The van der Waals surface area contributed by atoms with Gasteiger partial charge in [0, 0.05) is 37.6 Å². The van der Waals surface area contributed by atoms with Gasteiger partial charge in [-0.25, -0.2) is 0 Å². The van der Waals surface area contributed by atoms with Gasteiger partial charge >= 0.3 is 0 Å². The van der Waals surface area contributed by atoms with Gasteiger partial charge in [0.1, 0.15) is 11.4 Å². The normalized spacial score (nSPS) is 15.7. The van der Waals surface area contributed by atoms with Gasteiger partial charge in [0.05, 0.1) is 18.7 Å². The van der Waals surface area contributed by atoms with Gasteiger partial charge in [-0.2, -0.15) is 9.61 Å². The number of ether oxygens (including phenoxy) is 1. The summed E-state index contributed by atoms with van der Waals surface area (Å²) >= 11 is 0. The lowest BCUT2D eigenvalue weighted by atomic mass is 10.1. The zero-order chi connectivity index (χ0) is 21.2. The molecule has 1 saturated heterocycles. The molecule has 4 aromatic rings. The molecule has 3 aromatic heterocycles. The van der Waals surface area contributed by atoms with Crippen molar-refractivity contribution in [2.75, 3.05) is 26.3 Å². The summed E-state index contributed by atoms with van der Waals surface area (Å²) in [6, 6.07) is 12.0. The lowest BCUT2D eigenvalue weighted by Gasteiger charge is -2.26. The molecular weight excluding hydrogens is 394 g/mol. The van der Waals surface area contributed by atoms with E-state index in [0.717, 1.165) is 55.1 Å². The number of hydrogen-bond donors (Lipinski definition) is 1. The van der Waals surface area contributed by atoms with Crippen LogP contribution in [0.2, 0.25) is 0 Å². The predicted octanol–water partition coefficient (Wildman–Crippen LogP) is 2.29. The van der Waals surface area contributed by atoms with E-state index in [4.69, 9.17) is 9.94 Å². The summed E-state index contributed by atoms with van der Waals surface area (Å²) in [6.07, 6.45) is 2.54. The maximum Gasteiger partial charge on any atom is 0.177 e. The topological polar surface area (TPSA) is 101 Å². The molecule has 1 fully saturated rings. The van der Waals surface area contributed by atoms with E-state index in [1.807, 2.05) is 18.3 Å². The highest BCUT2D eigenvalue weighted by atomic mass is 16.5. The third-order valence-electron chi connectivity index (χ3n) is 5.52. The lowest BCUT2D eigenvalue weighted by molar-refractivity contribution is 0.0341. The van der Waals surface area contributed by atoms with Crippen molar-refractivity contribution in [1.82, 2.24) is 29.7 Å². The standard InChI is InChI=1S/C22H23N7O2/c1-15(27-30)19-4-5-21-24-25-22(29(21)26-19)12-16-2-3-20-18(10-16)11-17(13-23-20)14-28-6-8-31-9-7-28/h2-5,10-11,13,30H,6-9,12,14H2,1H3/b27-15+. The molecule has 0 atom stereocenters. The Labute approximate surface area is 179 Å². The first kappa shape index (κ1) is 19.5. The van der Waals surface area contributed by atoms with Crippen molar-refractivity contribution in [3.8, 4) is 0 Å². The third kappa shape index (κ3) is 4.10. The molecule has 0 radical (unpaired) electrons. The molecule has 158 valence electrons. The first-order chi connectivity index (χ1) is 15.2. The Balaban J connectivity index is 1.42. The number of oxime groups is 1. The molecule has 4 heterocycles. The Morgan fingerprint density at radius 3 is 2.77 bits per heavy atom. The predicted molar refractivity (Wildman–Crippen MR) is 115 cm³/mol. The fourth-order valence-electron chi connectivity index (χ4n) is 3.81. The quantitative estimate of drug-likeness (QED) is 0.302. The van der Waals surface area contributed by atoms with E-state index in [1.54, 1.807) is 17.5 Å². The monoisotopic (exact) mass is 417 g/mol. The third-order valence-corrected chi connectivity index (χ3v) is 5.52. The molecule has 1 N–H and O–H groups in total. The second-order valence-corrected chi connectivity index (χ2v) is 7.73. The summed E-state index contributed by atoms with van der Waals surface area (Å²) in [6.45, 7) is 6.06. The Morgan fingerprint density at radius 1 is 1.10 bits per heavy atom. The van der Waals surface area contributed by atoms with E-state index in [1.165, 1.54) is 5.56 Å². The van der Waals surface area contributed by atoms with Crippen LogP contribution < -0.4 is 0 Å². The van der Waals surface area contributed by atoms with E-state index in [9.17, 15) is 0 Å². The van der Waals surface area contributed by atoms with Crippen molar-refractivity contribution in [2.45, 2.75) is 19.9 Å². The largest absolute Gasteiger partial charge is 0.411 e. The number of benzene rings is 1. The molecule has 1 aromatic carbocycles. The van der Waals surface area contributed by atoms with Crippen molar-refractivity contribution < 1.29 is 9.94 Å². The maximum atomic E-state index is 9.03. The Morgan fingerprint density at radius 2 is 1.94 bits per heavy atom. The minimum Gasteiger partial charge on any atom is -0.411 e. The van der Waals surface area contributed by atoms with Crippen LogP contribution in [0.25, 0.3) is 16.6 Å². The van der Waals surface area contributed by atoms with Crippen molar-refractivity contribution in [3.05, 3.63) is 65.2 Å². The van der Waals surface area contributed by atoms with Gasteiger partial charge in [0.2, 0.25) is 0 Å². The van der Waals surface area contributed by atoms with Crippen LogP contribution in [0.5, 0.6) is 0 Å². The van der Waals surface area contributed by atoms with Gasteiger partial charge in [0.15, 0.2) is 11.5 Å². The fourth-order valence-corrected chi connectivity index (χ4v) is 3.81. The minimum absolute atomic E-state index is 0.436. The van der Waals surface area contributed by atoms with Gasteiger partial charge in [-0.05, 0) is 48.4 Å². The summed E-state index contributed by atoms with van der Waals surface area (Å²) in [5.41, 5.74) is 4.93. The molecule has 1 aliphatic heterocycles. The van der Waals surface area contributed by atoms with Crippen LogP contribution in [0.4, 0.5) is 0 Å². The average Bonchev–Trinajstić information content (AvgIpc) is 3.21. The van der Waals surface area contributed by atoms with Gasteiger partial charge in [0.25, 0.3) is 0 Å². The van der Waals surface area contributed by atoms with Crippen LogP contribution in [-0.2, 0) is 17.7 Å². The van der Waals surface area contributed by atoms with Crippen LogP contribution in [0.15, 0.2) is 47.8 Å². The summed E-state index contributed by atoms with van der Waals surface area (Å²) in [4.78, 5) is 7.02. The molecule has 9 nitrogen and oxygen atoms in total. The fraction of sp³-hybridized carbons (Fsp3) is 0.318. The summed E-state index contributed by atoms with van der Waals surface area (Å²) in [5.74, 6) is 0.722. The smallest absolute Gasteiger partial charge is 0.177 e. The number of hydrogen-bond acceptors (Lipinski definition) is 8. The molecule has 0 saturated carbocycles. The van der Waals surface area contributed by atoms with Crippen LogP contribution in [0.3, 0.4) is 0 Å². The Kier molecular flexibility index (Phi) is 5.27. The van der Waals surface area contributed by atoms with Crippen LogP contribution in [0, 0.1) is 0 Å². The summed E-state index contributed by atoms with van der Waals surface area (Å²) < 4.78 is 7.13. The molecular formula is C22H23N7O2. The minimum atomic E-state index is 0.436. The zero-order valence-corrected chi connectivity index (χ0v) is 17.3. The second kappa shape index (κ2) is 8.37. The number of nitrogens with zero attached hydrogens (tertiary/aromatic N) is 7. The van der Waals surface area contributed by atoms with Gasteiger partial charge in [-0.3, -0.25) is 9.88 Å². The van der Waals surface area contributed by atoms with Gasteiger partial charge in [-0.15, -0.1) is 10.2 Å². The highest BCUT2D eigenvalue weighted by molar-refractivity contribution is 5.96. The summed E-state index contributed by atoms with van der Waals surface area (Å²) in [5, 5.41) is 26.4. The first-order valence-electron chi connectivity index (χ1n) is 10.3. The number of aromatic nitrogens is 5. The number of rotatable bonds is 5. The van der Waals surface area contributed by atoms with Crippen LogP contribution >= 0.6 is 0 Å². The number of morpholine rings is 1. The highest BCUT2D eigenvalue weighted by Crippen LogP contribution is 2.19. The van der Waals surface area contributed by atoms with E-state index in [0.29, 0.717) is 23.5 Å². The first-order valence-corrected chi connectivity index (χ1v) is 10.3. The highest BCUT2D eigenvalue weighted by Gasteiger charge is 2.13. The molecule has 0 unspecified atom stereocenters. The maximum absolute atomic E-state index is 9.03. The Bertz CT molecular complexity index is 1260. The zero-order valence-electron chi connectivity index (χ0n) is 17.3. The van der Waals surface area contributed by atoms with E-state index in [-0.39, 0.29) is 0 Å². The van der Waals surface area contributed by atoms with Crippen LogP contribution in [-0.4, -0.2) is 66.9 Å². The number of pyridine rings is 1. The van der Waals surface area contributed by atoms with Crippen LogP contribution in [0.1, 0.15) is 29.6 Å². The van der Waals surface area contributed by atoms with E-state index < -0.39 is 0 Å². The van der Waals surface area contributed by atoms with Gasteiger partial charge < -0.3 is 9.94 Å². The second-order valence-electron chi connectivity index (χ2n) is 7.73. The molecule has 31 heavy (non-hydrogen) atoms. The van der Waals surface area contributed by atoms with Crippen molar-refractivity contribution in [3.63, 3.8) is 0 Å². The SMILES string of the molecule is C/C(=N\O)c1ccc2nnc(Cc3ccc4ncc(CN5CCOCC5)cc4c3)n2n1. The van der Waals surface area contributed by atoms with E-state index in [2.05, 4.69) is 48.5 Å². The Hall–Kier alpha value is -3.43. The molecule has 0 aliphatic carbocycles. The lowest BCUT2D eigenvalue weighted by Crippen LogP contribution is -2.35. The van der Waals surface area contributed by atoms with Crippen molar-refractivity contribution in [2.24, 2.45) is 5.16 Å².